The van der Waals surface area contributed by atoms with Gasteiger partial charge in [-0.1, -0.05) is 22.5 Å². The van der Waals surface area contributed by atoms with Crippen molar-refractivity contribution in [1.82, 2.24) is 0 Å². The predicted octanol–water partition coefficient (Wildman–Crippen LogP) is 2.74. The highest BCUT2D eigenvalue weighted by molar-refractivity contribution is 9.11. The predicted molar refractivity (Wildman–Crippen MR) is 55.8 cm³/mol. The van der Waals surface area contributed by atoms with Gasteiger partial charge in [-0.25, -0.2) is 8.78 Å². The van der Waals surface area contributed by atoms with Crippen molar-refractivity contribution in [1.29, 1.82) is 0 Å². The van der Waals surface area contributed by atoms with Crippen LogP contribution >= 0.6 is 15.9 Å². The second-order valence-corrected chi connectivity index (χ2v) is 3.97. The molecule has 0 amide bonds. The Morgan fingerprint density at radius 1 is 1.40 bits per heavy atom. The van der Waals surface area contributed by atoms with E-state index in [4.69, 9.17) is 9.84 Å². The van der Waals surface area contributed by atoms with Gasteiger partial charge in [-0.3, -0.25) is 0 Å². The molecule has 0 bridgehead atoms. The van der Waals surface area contributed by atoms with Crippen molar-refractivity contribution in [3.8, 4) is 5.75 Å². The van der Waals surface area contributed by atoms with Gasteiger partial charge < -0.3 is 9.84 Å². The first-order chi connectivity index (χ1) is 7.04. The summed E-state index contributed by atoms with van der Waals surface area (Å²) in [5.41, 5.74) is 0.162. The smallest absolute Gasteiger partial charge is 0.191 e. The standard InChI is InChI=1S/C10H9BrF2O2/c1-6(11)5-15-10-8(12)2-7(4-14)3-9(10)13/h2-3,14H,1,4-5H2. The number of aliphatic hydroxyl groups is 1. The molecule has 0 aliphatic carbocycles. The van der Waals surface area contributed by atoms with Crippen molar-refractivity contribution < 1.29 is 18.6 Å². The van der Waals surface area contributed by atoms with E-state index in [0.29, 0.717) is 4.48 Å². The van der Waals surface area contributed by atoms with Crippen molar-refractivity contribution in [2.24, 2.45) is 0 Å². The fraction of sp³-hybridized carbons (Fsp3) is 0.200. The second kappa shape index (κ2) is 5.23. The fourth-order valence-electron chi connectivity index (χ4n) is 0.992. The van der Waals surface area contributed by atoms with Crippen LogP contribution in [0.3, 0.4) is 0 Å². The van der Waals surface area contributed by atoms with Gasteiger partial charge in [0.1, 0.15) is 6.61 Å². The van der Waals surface area contributed by atoms with Crippen molar-refractivity contribution in [2.75, 3.05) is 6.61 Å². The molecular weight excluding hydrogens is 270 g/mol. The summed E-state index contributed by atoms with van der Waals surface area (Å²) in [5, 5.41) is 8.70. The molecule has 0 heterocycles. The summed E-state index contributed by atoms with van der Waals surface area (Å²) in [6.45, 7) is 3.03. The Kier molecular flexibility index (Phi) is 4.23. The van der Waals surface area contributed by atoms with Gasteiger partial charge in [-0.15, -0.1) is 0 Å². The number of ether oxygens (including phenoxy) is 1. The second-order valence-electron chi connectivity index (χ2n) is 2.85. The summed E-state index contributed by atoms with van der Waals surface area (Å²) in [7, 11) is 0. The van der Waals surface area contributed by atoms with Crippen LogP contribution in [0, 0.1) is 11.6 Å². The Balaban J connectivity index is 2.92. The maximum Gasteiger partial charge on any atom is 0.191 e. The summed E-state index contributed by atoms with van der Waals surface area (Å²) in [4.78, 5) is 0. The first kappa shape index (κ1) is 12.1. The highest BCUT2D eigenvalue weighted by atomic mass is 79.9. The summed E-state index contributed by atoms with van der Waals surface area (Å²) < 4.78 is 31.8. The first-order valence-corrected chi connectivity index (χ1v) is 4.88. The van der Waals surface area contributed by atoms with Crippen LogP contribution in [0.2, 0.25) is 0 Å². The largest absolute Gasteiger partial charge is 0.482 e. The van der Waals surface area contributed by atoms with Crippen molar-refractivity contribution in [3.05, 3.63) is 40.4 Å². The van der Waals surface area contributed by atoms with Gasteiger partial charge >= 0.3 is 0 Å². The molecule has 0 aromatic heterocycles. The fourth-order valence-corrected chi connectivity index (χ4v) is 1.11. The number of hydrogen-bond donors (Lipinski definition) is 1. The quantitative estimate of drug-likeness (QED) is 0.918. The van der Waals surface area contributed by atoms with E-state index in [0.717, 1.165) is 12.1 Å². The monoisotopic (exact) mass is 278 g/mol. The average molecular weight is 279 g/mol. The van der Waals surface area contributed by atoms with E-state index in [9.17, 15) is 8.78 Å². The molecule has 0 atom stereocenters. The topological polar surface area (TPSA) is 29.5 Å². The van der Waals surface area contributed by atoms with E-state index in [1.54, 1.807) is 0 Å². The van der Waals surface area contributed by atoms with Crippen LogP contribution in [0.5, 0.6) is 5.75 Å². The third kappa shape index (κ3) is 3.28. The average Bonchev–Trinajstić information content (AvgIpc) is 2.15. The van der Waals surface area contributed by atoms with Crippen molar-refractivity contribution in [3.63, 3.8) is 0 Å². The van der Waals surface area contributed by atoms with Gasteiger partial charge in [0.25, 0.3) is 0 Å². The molecule has 0 radical (unpaired) electrons. The van der Waals surface area contributed by atoms with Gasteiger partial charge in [0.2, 0.25) is 0 Å². The van der Waals surface area contributed by atoms with Gasteiger partial charge in [-0.05, 0) is 17.7 Å². The molecule has 0 aliphatic rings. The molecule has 0 unspecified atom stereocenters. The molecule has 1 aromatic rings. The molecular formula is C10H9BrF2O2. The molecule has 0 fully saturated rings. The van der Waals surface area contributed by atoms with E-state index >= 15 is 0 Å². The molecule has 1 aromatic carbocycles. The number of benzene rings is 1. The zero-order valence-corrected chi connectivity index (χ0v) is 9.35. The van der Waals surface area contributed by atoms with Crippen LogP contribution in [0.15, 0.2) is 23.2 Å². The van der Waals surface area contributed by atoms with E-state index in [-0.39, 0.29) is 12.2 Å². The lowest BCUT2D eigenvalue weighted by molar-refractivity contribution is 0.277. The summed E-state index contributed by atoms with van der Waals surface area (Å²) in [5.74, 6) is -2.15. The van der Waals surface area contributed by atoms with Crippen LogP contribution < -0.4 is 4.74 Å². The summed E-state index contributed by atoms with van der Waals surface area (Å²) >= 11 is 3.00. The van der Waals surface area contributed by atoms with Crippen LogP contribution in [-0.4, -0.2) is 11.7 Å². The maximum absolute atomic E-state index is 13.2. The van der Waals surface area contributed by atoms with Gasteiger partial charge in [0, 0.05) is 4.48 Å². The molecule has 2 nitrogen and oxygen atoms in total. The Morgan fingerprint density at radius 2 is 1.93 bits per heavy atom. The minimum absolute atomic E-state index is 0.0215. The Labute approximate surface area is 94.3 Å². The Morgan fingerprint density at radius 3 is 2.33 bits per heavy atom. The Hall–Kier alpha value is -0.940. The lowest BCUT2D eigenvalue weighted by Gasteiger charge is -2.08. The number of halogens is 3. The lowest BCUT2D eigenvalue weighted by Crippen LogP contribution is -2.02. The third-order valence-corrected chi connectivity index (χ3v) is 1.84. The molecule has 15 heavy (non-hydrogen) atoms. The third-order valence-electron chi connectivity index (χ3n) is 1.61. The number of hydrogen-bond acceptors (Lipinski definition) is 2. The molecule has 0 aliphatic heterocycles. The lowest BCUT2D eigenvalue weighted by atomic mass is 10.2. The highest BCUT2D eigenvalue weighted by Crippen LogP contribution is 2.24. The Bertz CT molecular complexity index is 357. The van der Waals surface area contributed by atoms with E-state index in [2.05, 4.69) is 22.5 Å². The van der Waals surface area contributed by atoms with Crippen LogP contribution in [0.1, 0.15) is 5.56 Å². The van der Waals surface area contributed by atoms with Crippen molar-refractivity contribution in [2.45, 2.75) is 6.61 Å². The molecule has 0 saturated heterocycles. The molecule has 0 spiro atoms. The number of aliphatic hydroxyl groups excluding tert-OH is 1. The van der Waals surface area contributed by atoms with E-state index in [1.807, 2.05) is 0 Å². The van der Waals surface area contributed by atoms with Gasteiger partial charge in [0.15, 0.2) is 17.4 Å². The van der Waals surface area contributed by atoms with E-state index < -0.39 is 24.0 Å². The van der Waals surface area contributed by atoms with E-state index in [1.165, 1.54) is 0 Å². The minimum atomic E-state index is -0.840. The zero-order valence-electron chi connectivity index (χ0n) is 7.77. The minimum Gasteiger partial charge on any atom is -0.482 e. The summed E-state index contributed by atoms with van der Waals surface area (Å²) in [6.07, 6.45) is 0. The zero-order chi connectivity index (χ0) is 11.4. The molecule has 5 heteroatoms. The SMILES string of the molecule is C=C(Br)COc1c(F)cc(CO)cc1F. The highest BCUT2D eigenvalue weighted by Gasteiger charge is 2.12. The van der Waals surface area contributed by atoms with Crippen LogP contribution in [0.4, 0.5) is 8.78 Å². The van der Waals surface area contributed by atoms with Gasteiger partial charge in [0.05, 0.1) is 6.61 Å². The molecule has 0 saturated carbocycles. The number of rotatable bonds is 4. The first-order valence-electron chi connectivity index (χ1n) is 4.09. The van der Waals surface area contributed by atoms with Crippen molar-refractivity contribution >= 4 is 15.9 Å². The normalized spacial score (nSPS) is 10.1. The summed E-state index contributed by atoms with van der Waals surface area (Å²) in [6, 6.07) is 2.05. The molecule has 1 rings (SSSR count). The van der Waals surface area contributed by atoms with Crippen LogP contribution in [0.25, 0.3) is 0 Å². The van der Waals surface area contributed by atoms with Crippen LogP contribution in [-0.2, 0) is 6.61 Å². The van der Waals surface area contributed by atoms with Gasteiger partial charge in [-0.2, -0.15) is 0 Å². The molecule has 82 valence electrons. The molecule has 1 N–H and O–H groups in total. The maximum atomic E-state index is 13.2.